The molecule has 0 aromatic carbocycles. The molecule has 1 rings (SSSR count). The van der Waals surface area contributed by atoms with Crippen LogP contribution in [0.25, 0.3) is 0 Å². The number of aromatic nitrogens is 1. The van der Waals surface area contributed by atoms with Gasteiger partial charge in [-0.05, 0) is 0 Å². The van der Waals surface area contributed by atoms with E-state index in [1.54, 1.807) is 12.3 Å². The third-order valence-electron chi connectivity index (χ3n) is 0.981. The topological polar surface area (TPSA) is 42.4 Å². The average molecular weight is 125 g/mol. The van der Waals surface area contributed by atoms with Gasteiger partial charge in [0, 0.05) is 12.3 Å². The van der Waals surface area contributed by atoms with Crippen molar-refractivity contribution in [1.82, 2.24) is 4.98 Å². The average Bonchev–Trinajstić information content (AvgIpc) is 1.89. The number of hydrogen-bond donors (Lipinski definition) is 1. The van der Waals surface area contributed by atoms with Crippen molar-refractivity contribution < 1.29 is 9.84 Å². The minimum absolute atomic E-state index is 0.0694. The Hall–Kier alpha value is -1.25. The lowest BCUT2D eigenvalue weighted by Gasteiger charge is -1.98. The SMILES string of the molecule is COc1ccncc1O. The number of ether oxygens (including phenoxy) is 1. The fourth-order valence-electron chi connectivity index (χ4n) is 0.546. The third kappa shape index (κ3) is 1.10. The predicted octanol–water partition coefficient (Wildman–Crippen LogP) is 0.796. The van der Waals surface area contributed by atoms with Crippen LogP contribution < -0.4 is 4.74 Å². The molecule has 0 spiro atoms. The quantitative estimate of drug-likeness (QED) is 0.603. The van der Waals surface area contributed by atoms with Gasteiger partial charge >= 0.3 is 0 Å². The van der Waals surface area contributed by atoms with Gasteiger partial charge in [-0.25, -0.2) is 0 Å². The Morgan fingerprint density at radius 2 is 2.44 bits per heavy atom. The maximum Gasteiger partial charge on any atom is 0.176 e. The van der Waals surface area contributed by atoms with Crippen LogP contribution >= 0.6 is 0 Å². The molecular weight excluding hydrogens is 118 g/mol. The van der Waals surface area contributed by atoms with E-state index in [4.69, 9.17) is 9.84 Å². The summed E-state index contributed by atoms with van der Waals surface area (Å²) < 4.78 is 4.75. The van der Waals surface area contributed by atoms with Crippen LogP contribution in [-0.2, 0) is 0 Å². The molecule has 48 valence electrons. The normalized spacial score (nSPS) is 9.00. The maximum atomic E-state index is 8.92. The van der Waals surface area contributed by atoms with Crippen LogP contribution in [0, 0.1) is 0 Å². The summed E-state index contributed by atoms with van der Waals surface area (Å²) in [5.41, 5.74) is 0. The van der Waals surface area contributed by atoms with E-state index in [1.807, 2.05) is 0 Å². The van der Waals surface area contributed by atoms with Gasteiger partial charge in [0.1, 0.15) is 0 Å². The molecule has 0 aliphatic carbocycles. The molecule has 0 saturated carbocycles. The van der Waals surface area contributed by atoms with Crippen molar-refractivity contribution in [3.63, 3.8) is 0 Å². The van der Waals surface area contributed by atoms with Gasteiger partial charge in [-0.3, -0.25) is 4.98 Å². The number of methoxy groups -OCH3 is 1. The second-order valence-electron chi connectivity index (χ2n) is 1.55. The van der Waals surface area contributed by atoms with Crippen molar-refractivity contribution >= 4 is 0 Å². The molecule has 0 aliphatic heterocycles. The van der Waals surface area contributed by atoms with E-state index in [1.165, 1.54) is 13.3 Å². The first-order valence-electron chi connectivity index (χ1n) is 2.51. The van der Waals surface area contributed by atoms with Gasteiger partial charge in [0.15, 0.2) is 11.5 Å². The van der Waals surface area contributed by atoms with E-state index >= 15 is 0 Å². The molecule has 0 amide bonds. The van der Waals surface area contributed by atoms with Crippen molar-refractivity contribution in [2.24, 2.45) is 0 Å². The number of pyridine rings is 1. The number of hydrogen-bond acceptors (Lipinski definition) is 3. The second kappa shape index (κ2) is 2.35. The van der Waals surface area contributed by atoms with Gasteiger partial charge < -0.3 is 9.84 Å². The van der Waals surface area contributed by atoms with E-state index in [0.29, 0.717) is 5.75 Å². The van der Waals surface area contributed by atoms with E-state index in [2.05, 4.69) is 4.98 Å². The van der Waals surface area contributed by atoms with Crippen molar-refractivity contribution in [2.45, 2.75) is 0 Å². The summed E-state index contributed by atoms with van der Waals surface area (Å²) in [4.78, 5) is 3.66. The highest BCUT2D eigenvalue weighted by Gasteiger charge is 1.95. The molecular formula is C6H7NO2. The van der Waals surface area contributed by atoms with Gasteiger partial charge in [0.2, 0.25) is 0 Å². The van der Waals surface area contributed by atoms with Gasteiger partial charge in [-0.1, -0.05) is 0 Å². The van der Waals surface area contributed by atoms with E-state index in [-0.39, 0.29) is 5.75 Å². The molecule has 1 heterocycles. The smallest absolute Gasteiger partial charge is 0.176 e. The summed E-state index contributed by atoms with van der Waals surface area (Å²) in [7, 11) is 1.50. The molecule has 0 fully saturated rings. The molecule has 0 saturated heterocycles. The molecule has 0 bridgehead atoms. The zero-order valence-electron chi connectivity index (χ0n) is 5.03. The fraction of sp³-hybridized carbons (Fsp3) is 0.167. The molecule has 3 nitrogen and oxygen atoms in total. The first kappa shape index (κ1) is 5.88. The predicted molar refractivity (Wildman–Crippen MR) is 32.5 cm³/mol. The zero-order valence-corrected chi connectivity index (χ0v) is 5.03. The summed E-state index contributed by atoms with van der Waals surface area (Å²) >= 11 is 0. The first-order valence-corrected chi connectivity index (χ1v) is 2.51. The van der Waals surface area contributed by atoms with E-state index < -0.39 is 0 Å². The summed E-state index contributed by atoms with van der Waals surface area (Å²) in [5.74, 6) is 0.519. The highest BCUT2D eigenvalue weighted by Crippen LogP contribution is 2.21. The Bertz CT molecular complexity index is 200. The molecule has 0 unspecified atom stereocenters. The Labute approximate surface area is 52.9 Å². The van der Waals surface area contributed by atoms with Crippen LogP contribution in [0.15, 0.2) is 18.5 Å². The minimum atomic E-state index is 0.0694. The Morgan fingerprint density at radius 3 is 2.89 bits per heavy atom. The summed E-state index contributed by atoms with van der Waals surface area (Å²) in [6.45, 7) is 0. The molecule has 0 radical (unpaired) electrons. The fourth-order valence-corrected chi connectivity index (χ4v) is 0.546. The molecule has 1 N–H and O–H groups in total. The van der Waals surface area contributed by atoms with Crippen molar-refractivity contribution in [3.05, 3.63) is 18.5 Å². The molecule has 0 aliphatic rings. The first-order chi connectivity index (χ1) is 4.34. The third-order valence-corrected chi connectivity index (χ3v) is 0.981. The molecule has 3 heteroatoms. The zero-order chi connectivity index (χ0) is 6.69. The Morgan fingerprint density at radius 1 is 1.67 bits per heavy atom. The van der Waals surface area contributed by atoms with Crippen LogP contribution in [0.1, 0.15) is 0 Å². The Balaban J connectivity index is 3.01. The second-order valence-corrected chi connectivity index (χ2v) is 1.55. The highest BCUT2D eigenvalue weighted by atomic mass is 16.5. The van der Waals surface area contributed by atoms with Gasteiger partial charge in [-0.15, -0.1) is 0 Å². The van der Waals surface area contributed by atoms with Gasteiger partial charge in [0.05, 0.1) is 13.3 Å². The number of nitrogens with zero attached hydrogens (tertiary/aromatic N) is 1. The lowest BCUT2D eigenvalue weighted by molar-refractivity contribution is 0.372. The Kier molecular flexibility index (Phi) is 1.53. The summed E-state index contributed by atoms with van der Waals surface area (Å²) in [5, 5.41) is 8.92. The molecule has 1 aromatic heterocycles. The number of aromatic hydroxyl groups is 1. The number of rotatable bonds is 1. The van der Waals surface area contributed by atoms with Crippen LogP contribution in [-0.4, -0.2) is 17.2 Å². The van der Waals surface area contributed by atoms with Crippen LogP contribution in [0.2, 0.25) is 0 Å². The molecule has 9 heavy (non-hydrogen) atoms. The van der Waals surface area contributed by atoms with E-state index in [0.717, 1.165) is 0 Å². The monoisotopic (exact) mass is 125 g/mol. The lowest BCUT2D eigenvalue weighted by atomic mass is 10.4. The van der Waals surface area contributed by atoms with Gasteiger partial charge in [0.25, 0.3) is 0 Å². The summed E-state index contributed by atoms with van der Waals surface area (Å²) in [6, 6.07) is 1.59. The van der Waals surface area contributed by atoms with Gasteiger partial charge in [-0.2, -0.15) is 0 Å². The van der Waals surface area contributed by atoms with Crippen LogP contribution in [0.4, 0.5) is 0 Å². The highest BCUT2D eigenvalue weighted by molar-refractivity contribution is 5.34. The standard InChI is InChI=1S/C6H7NO2/c1-9-6-2-3-7-4-5(6)8/h2-4,8H,1H3. The lowest BCUT2D eigenvalue weighted by Crippen LogP contribution is -1.82. The van der Waals surface area contributed by atoms with Crippen molar-refractivity contribution in [1.29, 1.82) is 0 Å². The maximum absolute atomic E-state index is 8.92. The summed E-state index contributed by atoms with van der Waals surface area (Å²) in [6.07, 6.45) is 2.89. The largest absolute Gasteiger partial charge is 0.503 e. The van der Waals surface area contributed by atoms with Crippen LogP contribution in [0.5, 0.6) is 11.5 Å². The molecule has 1 aromatic rings. The van der Waals surface area contributed by atoms with Crippen LogP contribution in [0.3, 0.4) is 0 Å². The van der Waals surface area contributed by atoms with Crippen molar-refractivity contribution in [3.8, 4) is 11.5 Å². The van der Waals surface area contributed by atoms with Crippen molar-refractivity contribution in [2.75, 3.05) is 7.11 Å². The molecule has 0 atom stereocenters. The minimum Gasteiger partial charge on any atom is -0.503 e. The van der Waals surface area contributed by atoms with E-state index in [9.17, 15) is 0 Å².